The zero-order valence-electron chi connectivity index (χ0n) is 14.3. The Morgan fingerprint density at radius 3 is 2.68 bits per heavy atom. The van der Waals surface area contributed by atoms with Crippen molar-refractivity contribution in [3.05, 3.63) is 23.8 Å². The Hall–Kier alpha value is -1.59. The maximum atomic E-state index is 12.4. The Bertz CT molecular complexity index is 652. The number of anilines is 2. The highest BCUT2D eigenvalue weighted by atomic mass is 35.5. The van der Waals surface area contributed by atoms with Crippen LogP contribution in [0.5, 0.6) is 0 Å². The van der Waals surface area contributed by atoms with Gasteiger partial charge in [-0.05, 0) is 68.2 Å². The number of nitrogens with one attached hydrogen (secondary N) is 3. The van der Waals surface area contributed by atoms with Gasteiger partial charge < -0.3 is 16.0 Å². The standard InChI is InChI=1S/C19H25N3O2.ClH/c23-18-3-1-2-13-11-16(6-7-17(13)22-18)21-19(24)10-12-8-14-4-5-15(9-12)20-14;/h6-7,11-12,14-15,20H,1-5,8-10H2,(H,21,24)(H,22,23);1H. The minimum absolute atomic E-state index is 0. The summed E-state index contributed by atoms with van der Waals surface area (Å²) in [6, 6.07) is 7.04. The number of hydrogen-bond acceptors (Lipinski definition) is 3. The van der Waals surface area contributed by atoms with E-state index in [1.807, 2.05) is 18.2 Å². The SMILES string of the molecule is Cl.O=C(CC1CC2CCC(C1)N2)Nc1ccc2c(c1)CCCC(=O)N2. The van der Waals surface area contributed by atoms with E-state index < -0.39 is 0 Å². The van der Waals surface area contributed by atoms with Gasteiger partial charge in [-0.1, -0.05) is 0 Å². The molecule has 0 radical (unpaired) electrons. The maximum absolute atomic E-state index is 12.4. The van der Waals surface area contributed by atoms with Gasteiger partial charge in [0.15, 0.2) is 0 Å². The second kappa shape index (κ2) is 7.75. The van der Waals surface area contributed by atoms with Crippen LogP contribution in [-0.2, 0) is 16.0 Å². The molecule has 4 rings (SSSR count). The van der Waals surface area contributed by atoms with Gasteiger partial charge in [-0.15, -0.1) is 12.4 Å². The van der Waals surface area contributed by atoms with Crippen LogP contribution in [0.25, 0.3) is 0 Å². The lowest BCUT2D eigenvalue weighted by molar-refractivity contribution is -0.117. The average Bonchev–Trinajstić information content (AvgIpc) is 2.76. The predicted octanol–water partition coefficient (Wildman–Crippen LogP) is 3.24. The van der Waals surface area contributed by atoms with Gasteiger partial charge in [0.2, 0.25) is 11.8 Å². The Kier molecular flexibility index (Phi) is 5.64. The van der Waals surface area contributed by atoms with Gasteiger partial charge in [0, 0.05) is 36.3 Å². The van der Waals surface area contributed by atoms with Gasteiger partial charge in [-0.3, -0.25) is 9.59 Å². The van der Waals surface area contributed by atoms with Crippen molar-refractivity contribution < 1.29 is 9.59 Å². The molecule has 2 atom stereocenters. The Morgan fingerprint density at radius 1 is 1.16 bits per heavy atom. The number of amides is 2. The fraction of sp³-hybridized carbons (Fsp3) is 0.579. The van der Waals surface area contributed by atoms with Crippen LogP contribution in [0.3, 0.4) is 0 Å². The molecule has 2 fully saturated rings. The third-order valence-electron chi connectivity index (χ3n) is 5.56. The van der Waals surface area contributed by atoms with Gasteiger partial charge in [0.1, 0.15) is 0 Å². The van der Waals surface area contributed by atoms with E-state index in [1.165, 1.54) is 12.8 Å². The molecular weight excluding hydrogens is 338 g/mol. The molecule has 1 aromatic carbocycles. The molecular formula is C19H26ClN3O2. The maximum Gasteiger partial charge on any atom is 0.224 e. The molecule has 136 valence electrons. The average molecular weight is 364 g/mol. The predicted molar refractivity (Wildman–Crippen MR) is 101 cm³/mol. The van der Waals surface area contributed by atoms with Crippen molar-refractivity contribution in [1.82, 2.24) is 5.32 Å². The molecule has 2 unspecified atom stereocenters. The topological polar surface area (TPSA) is 70.2 Å². The van der Waals surface area contributed by atoms with Crippen LogP contribution in [0.15, 0.2) is 18.2 Å². The van der Waals surface area contributed by atoms with Crippen molar-refractivity contribution in [3.63, 3.8) is 0 Å². The van der Waals surface area contributed by atoms with Gasteiger partial charge in [-0.2, -0.15) is 0 Å². The Balaban J connectivity index is 0.00000182. The van der Waals surface area contributed by atoms with Crippen LogP contribution >= 0.6 is 12.4 Å². The van der Waals surface area contributed by atoms with E-state index in [-0.39, 0.29) is 24.2 Å². The number of fused-ring (bicyclic) bond motifs is 3. The molecule has 3 aliphatic heterocycles. The smallest absolute Gasteiger partial charge is 0.224 e. The molecule has 2 saturated heterocycles. The second-order valence-corrected chi connectivity index (χ2v) is 7.50. The molecule has 2 amide bonds. The van der Waals surface area contributed by atoms with E-state index >= 15 is 0 Å². The number of rotatable bonds is 3. The van der Waals surface area contributed by atoms with Crippen LogP contribution in [0, 0.1) is 5.92 Å². The van der Waals surface area contributed by atoms with Crippen molar-refractivity contribution in [3.8, 4) is 0 Å². The molecule has 3 N–H and O–H groups in total. The van der Waals surface area contributed by atoms with Gasteiger partial charge in [0.05, 0.1) is 0 Å². The molecule has 3 heterocycles. The minimum Gasteiger partial charge on any atom is -0.326 e. The first-order valence-corrected chi connectivity index (χ1v) is 9.14. The summed E-state index contributed by atoms with van der Waals surface area (Å²) < 4.78 is 0. The van der Waals surface area contributed by atoms with Crippen LogP contribution in [0.1, 0.15) is 50.5 Å². The van der Waals surface area contributed by atoms with Crippen LogP contribution < -0.4 is 16.0 Å². The molecule has 3 aliphatic rings. The van der Waals surface area contributed by atoms with E-state index in [0.29, 0.717) is 30.8 Å². The first kappa shape index (κ1) is 18.2. The van der Waals surface area contributed by atoms with Crippen molar-refractivity contribution in [2.45, 2.75) is 63.5 Å². The monoisotopic (exact) mass is 363 g/mol. The van der Waals surface area contributed by atoms with Crippen molar-refractivity contribution in [1.29, 1.82) is 0 Å². The molecule has 0 aliphatic carbocycles. The third kappa shape index (κ3) is 4.33. The zero-order valence-corrected chi connectivity index (χ0v) is 15.2. The minimum atomic E-state index is 0. The molecule has 5 nitrogen and oxygen atoms in total. The van der Waals surface area contributed by atoms with Crippen molar-refractivity contribution >= 4 is 35.6 Å². The molecule has 2 bridgehead atoms. The number of benzene rings is 1. The summed E-state index contributed by atoms with van der Waals surface area (Å²) in [5.74, 6) is 0.689. The second-order valence-electron chi connectivity index (χ2n) is 7.50. The quantitative estimate of drug-likeness (QED) is 0.772. The van der Waals surface area contributed by atoms with E-state index in [2.05, 4.69) is 16.0 Å². The zero-order chi connectivity index (χ0) is 16.5. The summed E-state index contributed by atoms with van der Waals surface area (Å²) in [5.41, 5.74) is 2.83. The van der Waals surface area contributed by atoms with Gasteiger partial charge in [-0.25, -0.2) is 0 Å². The highest BCUT2D eigenvalue weighted by molar-refractivity contribution is 5.94. The Morgan fingerprint density at radius 2 is 1.92 bits per heavy atom. The van der Waals surface area contributed by atoms with Crippen LogP contribution in [0.4, 0.5) is 11.4 Å². The number of hydrogen-bond donors (Lipinski definition) is 3. The van der Waals surface area contributed by atoms with Gasteiger partial charge in [0.25, 0.3) is 0 Å². The summed E-state index contributed by atoms with van der Waals surface area (Å²) in [4.78, 5) is 24.0. The van der Waals surface area contributed by atoms with E-state index in [4.69, 9.17) is 0 Å². The summed E-state index contributed by atoms with van der Waals surface area (Å²) >= 11 is 0. The van der Waals surface area contributed by atoms with Crippen molar-refractivity contribution in [2.24, 2.45) is 5.92 Å². The lowest BCUT2D eigenvalue weighted by Crippen LogP contribution is -2.39. The van der Waals surface area contributed by atoms with Crippen molar-refractivity contribution in [2.75, 3.05) is 10.6 Å². The molecule has 0 spiro atoms. The highest BCUT2D eigenvalue weighted by Gasteiger charge is 2.34. The molecule has 1 aromatic rings. The molecule has 25 heavy (non-hydrogen) atoms. The lowest BCUT2D eigenvalue weighted by atomic mass is 9.89. The molecule has 6 heteroatoms. The first-order valence-electron chi connectivity index (χ1n) is 9.14. The fourth-order valence-corrected chi connectivity index (χ4v) is 4.47. The van der Waals surface area contributed by atoms with Crippen LogP contribution in [0.2, 0.25) is 0 Å². The number of aryl methyl sites for hydroxylation is 1. The lowest BCUT2D eigenvalue weighted by Gasteiger charge is -2.28. The Labute approximate surface area is 154 Å². The van der Waals surface area contributed by atoms with Gasteiger partial charge >= 0.3 is 0 Å². The summed E-state index contributed by atoms with van der Waals surface area (Å²) in [5, 5.41) is 9.60. The van der Waals surface area contributed by atoms with Crippen LogP contribution in [-0.4, -0.2) is 23.9 Å². The molecule has 0 aromatic heterocycles. The van der Waals surface area contributed by atoms with E-state index in [1.54, 1.807) is 0 Å². The summed E-state index contributed by atoms with van der Waals surface area (Å²) in [6.45, 7) is 0. The van der Waals surface area contributed by atoms with E-state index in [9.17, 15) is 9.59 Å². The first-order chi connectivity index (χ1) is 11.7. The largest absolute Gasteiger partial charge is 0.326 e. The molecule has 0 saturated carbocycles. The fourth-order valence-electron chi connectivity index (χ4n) is 4.47. The third-order valence-corrected chi connectivity index (χ3v) is 5.56. The summed E-state index contributed by atoms with van der Waals surface area (Å²) in [7, 11) is 0. The summed E-state index contributed by atoms with van der Waals surface area (Å²) in [6.07, 6.45) is 7.68. The normalized spacial score (nSPS) is 27.5. The van der Waals surface area contributed by atoms with E-state index in [0.717, 1.165) is 42.6 Å². The number of carbonyl (C=O) groups is 2. The number of piperidine rings is 1. The number of carbonyl (C=O) groups excluding carboxylic acids is 2. The highest BCUT2D eigenvalue weighted by Crippen LogP contribution is 2.33. The number of halogens is 1.